The van der Waals surface area contributed by atoms with Crippen molar-refractivity contribution in [1.29, 1.82) is 0 Å². The number of hydrogen-bond donors (Lipinski definition) is 3. The molecule has 0 atom stereocenters. The van der Waals surface area contributed by atoms with Crippen molar-refractivity contribution in [3.63, 3.8) is 0 Å². The van der Waals surface area contributed by atoms with E-state index in [1.807, 2.05) is 6.07 Å². The number of nitrogens with one attached hydrogen (secondary N) is 2. The molecule has 3 N–H and O–H groups in total. The monoisotopic (exact) mass is 252 g/mol. The zero-order valence-electron chi connectivity index (χ0n) is 10.1. The van der Waals surface area contributed by atoms with Crippen molar-refractivity contribution in [1.82, 2.24) is 10.6 Å². The molecule has 0 aliphatic carbocycles. The van der Waals surface area contributed by atoms with Gasteiger partial charge in [-0.1, -0.05) is 12.1 Å². The summed E-state index contributed by atoms with van der Waals surface area (Å²) >= 11 is 0. The molecule has 0 spiro atoms. The van der Waals surface area contributed by atoms with Gasteiger partial charge in [-0.3, -0.25) is 4.79 Å². The lowest BCUT2D eigenvalue weighted by atomic mass is 9.88. The highest BCUT2D eigenvalue weighted by Gasteiger charge is 2.38. The van der Waals surface area contributed by atoms with Crippen LogP contribution in [0, 0.1) is 5.82 Å². The molecule has 0 amide bonds. The van der Waals surface area contributed by atoms with Gasteiger partial charge < -0.3 is 15.7 Å². The van der Waals surface area contributed by atoms with Crippen molar-refractivity contribution in [3.05, 3.63) is 35.6 Å². The second-order valence-electron chi connectivity index (χ2n) is 4.76. The molecule has 18 heavy (non-hydrogen) atoms. The van der Waals surface area contributed by atoms with Crippen molar-refractivity contribution in [2.24, 2.45) is 0 Å². The van der Waals surface area contributed by atoms with Crippen LogP contribution in [0.3, 0.4) is 0 Å². The highest BCUT2D eigenvalue weighted by atomic mass is 19.1. The number of carboxylic acid groups (broad SMARTS) is 1. The summed E-state index contributed by atoms with van der Waals surface area (Å²) in [6.07, 6.45) is 0.808. The summed E-state index contributed by atoms with van der Waals surface area (Å²) in [6.45, 7) is 1.99. The Morgan fingerprint density at radius 2 is 2.28 bits per heavy atom. The molecule has 5 heteroatoms. The molecular formula is C13H17FN2O2. The van der Waals surface area contributed by atoms with E-state index in [1.165, 1.54) is 12.1 Å². The van der Waals surface area contributed by atoms with E-state index in [0.717, 1.165) is 5.56 Å². The van der Waals surface area contributed by atoms with Crippen molar-refractivity contribution in [2.45, 2.75) is 18.4 Å². The predicted molar refractivity (Wildman–Crippen MR) is 66.0 cm³/mol. The topological polar surface area (TPSA) is 61.4 Å². The SMILES string of the molecule is O=C(O)CC1(NCCc2cccc(F)c2)CNC1. The lowest BCUT2D eigenvalue weighted by Crippen LogP contribution is -2.68. The van der Waals surface area contributed by atoms with Gasteiger partial charge in [0, 0.05) is 13.1 Å². The van der Waals surface area contributed by atoms with Gasteiger partial charge in [-0.25, -0.2) is 4.39 Å². The van der Waals surface area contributed by atoms with Gasteiger partial charge in [0.05, 0.1) is 12.0 Å². The summed E-state index contributed by atoms with van der Waals surface area (Å²) in [5, 5.41) is 15.2. The summed E-state index contributed by atoms with van der Waals surface area (Å²) in [6, 6.07) is 6.47. The summed E-state index contributed by atoms with van der Waals surface area (Å²) < 4.78 is 13.0. The molecular weight excluding hydrogens is 235 g/mol. The first-order valence-corrected chi connectivity index (χ1v) is 6.02. The van der Waals surface area contributed by atoms with Crippen molar-refractivity contribution >= 4 is 5.97 Å². The van der Waals surface area contributed by atoms with Crippen LogP contribution >= 0.6 is 0 Å². The zero-order valence-corrected chi connectivity index (χ0v) is 10.1. The van der Waals surface area contributed by atoms with Crippen molar-refractivity contribution in [3.8, 4) is 0 Å². The van der Waals surface area contributed by atoms with Gasteiger partial charge in [0.25, 0.3) is 0 Å². The molecule has 1 aliphatic heterocycles. The third-order valence-electron chi connectivity index (χ3n) is 3.22. The zero-order chi connectivity index (χ0) is 13.0. The normalized spacial score (nSPS) is 17.2. The fraction of sp³-hybridized carbons (Fsp3) is 0.462. The molecule has 0 aromatic heterocycles. The lowest BCUT2D eigenvalue weighted by molar-refractivity contribution is -0.139. The fourth-order valence-corrected chi connectivity index (χ4v) is 2.19. The second-order valence-corrected chi connectivity index (χ2v) is 4.76. The van der Waals surface area contributed by atoms with Gasteiger partial charge in [-0.05, 0) is 30.7 Å². The standard InChI is InChI=1S/C13H17FN2O2/c14-11-3-1-2-10(6-11)4-5-16-13(7-12(17)18)8-15-9-13/h1-3,6,15-16H,4-5,7-9H2,(H,17,18). The summed E-state index contributed by atoms with van der Waals surface area (Å²) in [4.78, 5) is 10.8. The second kappa shape index (κ2) is 5.46. The first-order chi connectivity index (χ1) is 8.60. The van der Waals surface area contributed by atoms with Crippen LogP contribution < -0.4 is 10.6 Å². The molecule has 1 aromatic rings. The van der Waals surface area contributed by atoms with E-state index in [2.05, 4.69) is 10.6 Å². The summed E-state index contributed by atoms with van der Waals surface area (Å²) in [5.74, 6) is -1.03. The lowest BCUT2D eigenvalue weighted by Gasteiger charge is -2.42. The molecule has 0 radical (unpaired) electrons. The van der Waals surface area contributed by atoms with Gasteiger partial charge in [0.2, 0.25) is 0 Å². The highest BCUT2D eigenvalue weighted by molar-refractivity contribution is 5.68. The Labute approximate surface area is 105 Å². The Hall–Kier alpha value is -1.46. The Balaban J connectivity index is 1.82. The number of aliphatic carboxylic acids is 1. The molecule has 2 rings (SSSR count). The van der Waals surface area contributed by atoms with Crippen molar-refractivity contribution in [2.75, 3.05) is 19.6 Å². The Morgan fingerprint density at radius 1 is 1.50 bits per heavy atom. The van der Waals surface area contributed by atoms with Crippen LogP contribution in [-0.4, -0.2) is 36.2 Å². The van der Waals surface area contributed by atoms with Crippen molar-refractivity contribution < 1.29 is 14.3 Å². The van der Waals surface area contributed by atoms with Crippen LogP contribution in [-0.2, 0) is 11.2 Å². The van der Waals surface area contributed by atoms with E-state index in [0.29, 0.717) is 26.1 Å². The fourth-order valence-electron chi connectivity index (χ4n) is 2.19. The quantitative estimate of drug-likeness (QED) is 0.700. The van der Waals surface area contributed by atoms with E-state index >= 15 is 0 Å². The van der Waals surface area contributed by atoms with E-state index in [-0.39, 0.29) is 17.8 Å². The van der Waals surface area contributed by atoms with Gasteiger partial charge in [0.1, 0.15) is 5.82 Å². The molecule has 1 saturated heterocycles. The Morgan fingerprint density at radius 3 is 2.83 bits per heavy atom. The van der Waals surface area contributed by atoms with Gasteiger partial charge in [-0.15, -0.1) is 0 Å². The number of benzene rings is 1. The Kier molecular flexibility index (Phi) is 3.93. The molecule has 4 nitrogen and oxygen atoms in total. The summed E-state index contributed by atoms with van der Waals surface area (Å²) in [5.41, 5.74) is 0.583. The van der Waals surface area contributed by atoms with Crippen LogP contribution in [0.2, 0.25) is 0 Å². The van der Waals surface area contributed by atoms with Crippen LogP contribution in [0.25, 0.3) is 0 Å². The molecule has 0 bridgehead atoms. The maximum atomic E-state index is 13.0. The van der Waals surface area contributed by atoms with E-state index in [1.54, 1.807) is 6.07 Å². The van der Waals surface area contributed by atoms with Crippen LogP contribution in [0.1, 0.15) is 12.0 Å². The first-order valence-electron chi connectivity index (χ1n) is 6.02. The molecule has 1 fully saturated rings. The maximum absolute atomic E-state index is 13.0. The third-order valence-corrected chi connectivity index (χ3v) is 3.22. The van der Waals surface area contributed by atoms with E-state index < -0.39 is 5.97 Å². The number of rotatable bonds is 6. The van der Waals surface area contributed by atoms with Crippen LogP contribution in [0.15, 0.2) is 24.3 Å². The van der Waals surface area contributed by atoms with Crippen LogP contribution in [0.4, 0.5) is 4.39 Å². The maximum Gasteiger partial charge on any atom is 0.305 e. The van der Waals surface area contributed by atoms with E-state index in [4.69, 9.17) is 5.11 Å². The van der Waals surface area contributed by atoms with E-state index in [9.17, 15) is 9.18 Å². The van der Waals surface area contributed by atoms with Gasteiger partial charge >= 0.3 is 5.97 Å². The highest BCUT2D eigenvalue weighted by Crippen LogP contribution is 2.16. The number of halogens is 1. The molecule has 0 unspecified atom stereocenters. The minimum atomic E-state index is -0.797. The summed E-state index contributed by atoms with van der Waals surface area (Å²) in [7, 11) is 0. The molecule has 98 valence electrons. The van der Waals surface area contributed by atoms with Gasteiger partial charge in [0.15, 0.2) is 0 Å². The molecule has 1 heterocycles. The average molecular weight is 252 g/mol. The largest absolute Gasteiger partial charge is 0.481 e. The smallest absolute Gasteiger partial charge is 0.305 e. The van der Waals surface area contributed by atoms with Crippen LogP contribution in [0.5, 0.6) is 0 Å². The first kappa shape index (κ1) is 13.0. The Bertz CT molecular complexity index is 433. The minimum Gasteiger partial charge on any atom is -0.481 e. The number of carboxylic acids is 1. The van der Waals surface area contributed by atoms with Gasteiger partial charge in [-0.2, -0.15) is 0 Å². The minimum absolute atomic E-state index is 0.114. The molecule has 1 aromatic carbocycles. The average Bonchev–Trinajstić information content (AvgIpc) is 2.25. The number of carbonyl (C=O) groups is 1. The predicted octanol–water partition coefficient (Wildman–Crippen LogP) is 0.774. The number of hydrogen-bond acceptors (Lipinski definition) is 3. The molecule has 0 saturated carbocycles. The third kappa shape index (κ3) is 3.27. The molecule has 1 aliphatic rings.